The second-order valence-electron chi connectivity index (χ2n) is 3.04. The summed E-state index contributed by atoms with van der Waals surface area (Å²) in [6.07, 6.45) is -2.31. The Labute approximate surface area is 90.6 Å². The van der Waals surface area contributed by atoms with E-state index in [2.05, 4.69) is 21.2 Å². The molecule has 0 aliphatic carbocycles. The minimum Gasteiger partial charge on any atom is -0.305 e. The number of hydrogen-bond donors (Lipinski definition) is 1. The first-order chi connectivity index (χ1) is 6.61. The average Bonchev–Trinajstić information content (AvgIpc) is 2.15. The van der Waals surface area contributed by atoms with Gasteiger partial charge in [0, 0.05) is 10.5 Å². The van der Waals surface area contributed by atoms with Crippen LogP contribution in [0.5, 0.6) is 0 Å². The molecule has 1 rings (SSSR count). The fourth-order valence-electron chi connectivity index (χ4n) is 1.20. The lowest BCUT2D eigenvalue weighted by Crippen LogP contribution is -2.24. The van der Waals surface area contributed by atoms with Gasteiger partial charge in [0.25, 0.3) is 6.43 Å². The van der Waals surface area contributed by atoms with Gasteiger partial charge in [0.1, 0.15) is 0 Å². The summed E-state index contributed by atoms with van der Waals surface area (Å²) in [5.74, 6) is 0. The Hall–Kier alpha value is -0.480. The van der Waals surface area contributed by atoms with Crippen molar-refractivity contribution in [1.82, 2.24) is 5.32 Å². The second kappa shape index (κ2) is 5.41. The lowest BCUT2D eigenvalue weighted by Gasteiger charge is -2.15. The zero-order chi connectivity index (χ0) is 10.6. The quantitative estimate of drug-likeness (QED) is 0.879. The Morgan fingerprint density at radius 3 is 2.57 bits per heavy atom. The first kappa shape index (κ1) is 11.6. The zero-order valence-corrected chi connectivity index (χ0v) is 9.39. The molecule has 0 saturated carbocycles. The monoisotopic (exact) mass is 263 g/mol. The summed E-state index contributed by atoms with van der Waals surface area (Å²) in [6, 6.07) is 7.52. The van der Waals surface area contributed by atoms with Crippen LogP contribution in [-0.4, -0.2) is 13.0 Å². The number of rotatable bonds is 4. The van der Waals surface area contributed by atoms with Crippen LogP contribution in [0.2, 0.25) is 0 Å². The smallest absolute Gasteiger partial charge is 0.250 e. The topological polar surface area (TPSA) is 12.0 Å². The van der Waals surface area contributed by atoms with Gasteiger partial charge in [0.15, 0.2) is 0 Å². The summed E-state index contributed by atoms with van der Waals surface area (Å²) in [5, 5.41) is 2.76. The molecule has 0 aliphatic rings. The van der Waals surface area contributed by atoms with E-state index >= 15 is 0 Å². The van der Waals surface area contributed by atoms with Crippen LogP contribution in [0, 0.1) is 0 Å². The van der Waals surface area contributed by atoms with Crippen LogP contribution >= 0.6 is 15.9 Å². The average molecular weight is 264 g/mol. The largest absolute Gasteiger partial charge is 0.305 e. The van der Waals surface area contributed by atoms with Crippen LogP contribution in [0.3, 0.4) is 0 Å². The minimum absolute atomic E-state index is 0.0698. The van der Waals surface area contributed by atoms with E-state index in [4.69, 9.17) is 0 Å². The van der Waals surface area contributed by atoms with Crippen molar-refractivity contribution in [3.8, 4) is 0 Å². The maximum Gasteiger partial charge on any atom is 0.250 e. The van der Waals surface area contributed by atoms with E-state index < -0.39 is 6.43 Å². The number of hydrogen-bond acceptors (Lipinski definition) is 1. The maximum atomic E-state index is 11.9. The molecule has 0 fully saturated rings. The third-order valence-corrected chi connectivity index (χ3v) is 2.67. The van der Waals surface area contributed by atoms with E-state index in [9.17, 15) is 8.78 Å². The molecule has 4 heteroatoms. The summed E-state index contributed by atoms with van der Waals surface area (Å²) in [4.78, 5) is 0. The predicted octanol–water partition coefficient (Wildman–Crippen LogP) is 3.36. The van der Waals surface area contributed by atoms with E-state index in [-0.39, 0.29) is 12.6 Å². The van der Waals surface area contributed by atoms with Gasteiger partial charge in [-0.05, 0) is 18.6 Å². The van der Waals surface area contributed by atoms with Gasteiger partial charge in [-0.3, -0.25) is 0 Å². The molecule has 0 aromatic heterocycles. The highest BCUT2D eigenvalue weighted by Crippen LogP contribution is 2.22. The Kier molecular flexibility index (Phi) is 4.48. The van der Waals surface area contributed by atoms with Crippen molar-refractivity contribution in [2.45, 2.75) is 19.4 Å². The fraction of sp³-hybridized carbons (Fsp3) is 0.400. The van der Waals surface area contributed by atoms with E-state index in [1.54, 1.807) is 0 Å². The molecule has 0 heterocycles. The van der Waals surface area contributed by atoms with Crippen molar-refractivity contribution < 1.29 is 8.78 Å². The Bertz CT molecular complexity index is 291. The van der Waals surface area contributed by atoms with Crippen LogP contribution in [0.25, 0.3) is 0 Å². The third kappa shape index (κ3) is 3.35. The van der Waals surface area contributed by atoms with Crippen LogP contribution in [0.4, 0.5) is 8.78 Å². The van der Waals surface area contributed by atoms with Crippen molar-refractivity contribution in [1.29, 1.82) is 0 Å². The summed E-state index contributed by atoms with van der Waals surface area (Å²) in [6.45, 7) is 1.59. The summed E-state index contributed by atoms with van der Waals surface area (Å²) in [5.41, 5.74) is 0.994. The number of alkyl halides is 2. The summed E-state index contributed by atoms with van der Waals surface area (Å²) >= 11 is 3.38. The van der Waals surface area contributed by atoms with E-state index in [0.717, 1.165) is 10.0 Å². The summed E-state index contributed by atoms with van der Waals surface area (Å²) < 4.78 is 24.8. The lowest BCUT2D eigenvalue weighted by atomic mass is 10.1. The molecule has 0 saturated heterocycles. The molecular formula is C10H12BrF2N. The fourth-order valence-corrected chi connectivity index (χ4v) is 1.83. The van der Waals surface area contributed by atoms with Crippen LogP contribution < -0.4 is 5.32 Å². The van der Waals surface area contributed by atoms with Crippen LogP contribution in [-0.2, 0) is 0 Å². The highest BCUT2D eigenvalue weighted by atomic mass is 79.9. The minimum atomic E-state index is -2.31. The Morgan fingerprint density at radius 2 is 2.00 bits per heavy atom. The SMILES string of the molecule is C[C@@H](NCC(F)F)c1ccccc1Br. The summed E-state index contributed by atoms with van der Waals surface area (Å²) in [7, 11) is 0. The molecule has 0 bridgehead atoms. The maximum absolute atomic E-state index is 11.9. The molecule has 0 unspecified atom stereocenters. The highest BCUT2D eigenvalue weighted by Gasteiger charge is 2.10. The van der Waals surface area contributed by atoms with Gasteiger partial charge in [0.05, 0.1) is 6.54 Å². The molecule has 0 spiro atoms. The van der Waals surface area contributed by atoms with E-state index in [0.29, 0.717) is 0 Å². The molecule has 1 atom stereocenters. The number of benzene rings is 1. The van der Waals surface area contributed by atoms with Crippen molar-refractivity contribution in [2.75, 3.05) is 6.54 Å². The molecule has 78 valence electrons. The molecule has 0 amide bonds. The molecule has 14 heavy (non-hydrogen) atoms. The lowest BCUT2D eigenvalue weighted by molar-refractivity contribution is 0.142. The van der Waals surface area contributed by atoms with Gasteiger partial charge in [-0.1, -0.05) is 34.1 Å². The Balaban J connectivity index is 2.60. The van der Waals surface area contributed by atoms with Crippen LogP contribution in [0.15, 0.2) is 28.7 Å². The van der Waals surface area contributed by atoms with Crippen molar-refractivity contribution in [2.24, 2.45) is 0 Å². The molecular weight excluding hydrogens is 252 g/mol. The zero-order valence-electron chi connectivity index (χ0n) is 7.81. The van der Waals surface area contributed by atoms with Crippen LogP contribution in [0.1, 0.15) is 18.5 Å². The second-order valence-corrected chi connectivity index (χ2v) is 3.90. The third-order valence-electron chi connectivity index (χ3n) is 1.95. The molecule has 0 radical (unpaired) electrons. The van der Waals surface area contributed by atoms with E-state index in [1.165, 1.54) is 0 Å². The van der Waals surface area contributed by atoms with Crippen molar-refractivity contribution in [3.63, 3.8) is 0 Å². The molecule has 0 aliphatic heterocycles. The number of nitrogens with one attached hydrogen (secondary N) is 1. The predicted molar refractivity (Wildman–Crippen MR) is 56.6 cm³/mol. The van der Waals surface area contributed by atoms with Gasteiger partial charge in [-0.25, -0.2) is 8.78 Å². The van der Waals surface area contributed by atoms with Crippen molar-refractivity contribution in [3.05, 3.63) is 34.3 Å². The normalized spacial score (nSPS) is 13.2. The molecule has 1 aromatic carbocycles. The molecule has 1 nitrogen and oxygen atoms in total. The molecule has 1 aromatic rings. The number of halogens is 3. The van der Waals surface area contributed by atoms with E-state index in [1.807, 2.05) is 31.2 Å². The standard InChI is InChI=1S/C10H12BrF2N/c1-7(14-6-10(12)13)8-4-2-3-5-9(8)11/h2-5,7,10,14H,6H2,1H3/t7-/m1/s1. The first-order valence-electron chi connectivity index (χ1n) is 4.37. The van der Waals surface area contributed by atoms with Gasteiger partial charge in [0.2, 0.25) is 0 Å². The first-order valence-corrected chi connectivity index (χ1v) is 5.16. The van der Waals surface area contributed by atoms with Gasteiger partial charge >= 0.3 is 0 Å². The van der Waals surface area contributed by atoms with Gasteiger partial charge < -0.3 is 5.32 Å². The molecule has 1 N–H and O–H groups in total. The highest BCUT2D eigenvalue weighted by molar-refractivity contribution is 9.10. The van der Waals surface area contributed by atoms with Gasteiger partial charge in [-0.15, -0.1) is 0 Å². The van der Waals surface area contributed by atoms with Crippen molar-refractivity contribution >= 4 is 15.9 Å². The Morgan fingerprint density at radius 1 is 1.36 bits per heavy atom. The van der Waals surface area contributed by atoms with Gasteiger partial charge in [-0.2, -0.15) is 0 Å².